The Hall–Kier alpha value is -2.91. The smallest absolute Gasteiger partial charge is 0.306 e. The topological polar surface area (TPSA) is 145 Å². The van der Waals surface area contributed by atoms with Crippen LogP contribution in [0, 0.1) is 5.92 Å². The standard InChI is InChI=1S/C23H32N2O4S.C17H23N3O2S.CH2Cl2/c1-23(2,3)28-22(27)13-17-15-25(16-17)11-7-5-4-6-9-19(26)18-14-20(29-24-18)21-10-8-12-30-21;18-13-11-20(12-13)8-4-2-1-3-6-15(21)14-10-16(22-19-14)17-7-5-9-23-17;2-1-3/h8,10,12,14,17H,4-7,9,11,13,15-16H2,1-3H3;5,7,9-10,13H,1-4,6,8,11-12,18H2;1H2. The molecule has 2 N–H and O–H groups in total. The fourth-order valence-corrected chi connectivity index (χ4v) is 7.83. The largest absolute Gasteiger partial charge is 0.460 e. The fraction of sp³-hybridized carbons (Fsp3) is 0.585. The highest BCUT2D eigenvalue weighted by Gasteiger charge is 2.30. The fourth-order valence-electron chi connectivity index (χ4n) is 6.49. The lowest BCUT2D eigenvalue weighted by Gasteiger charge is -2.39. The maximum absolute atomic E-state index is 12.3. The number of ether oxygens (including phenoxy) is 1. The van der Waals surface area contributed by atoms with Crippen molar-refractivity contribution in [2.24, 2.45) is 11.7 Å². The van der Waals surface area contributed by atoms with E-state index in [1.165, 1.54) is 6.42 Å². The normalized spacial score (nSPS) is 14.9. The van der Waals surface area contributed by atoms with Crippen LogP contribution in [0.4, 0.5) is 0 Å². The third-order valence-corrected chi connectivity index (χ3v) is 11.0. The van der Waals surface area contributed by atoms with E-state index in [1.54, 1.807) is 34.8 Å². The van der Waals surface area contributed by atoms with Crippen LogP contribution in [0.5, 0.6) is 0 Å². The van der Waals surface area contributed by atoms with Crippen molar-refractivity contribution in [3.63, 3.8) is 0 Å². The van der Waals surface area contributed by atoms with E-state index in [0.29, 0.717) is 54.1 Å². The SMILES string of the molecule is CC(C)(C)OC(=O)CC1CN(CCCCCCC(=O)c2cc(-c3cccs3)on2)C1.ClCCl.NC1CN(CCCCCCC(=O)c2cc(-c3cccs3)on2)C1. The second-order valence-corrected chi connectivity index (χ2v) is 18.0. The number of hydrogen-bond acceptors (Lipinski definition) is 13. The van der Waals surface area contributed by atoms with Crippen molar-refractivity contribution in [2.45, 2.75) is 103 Å². The summed E-state index contributed by atoms with van der Waals surface area (Å²) in [5.41, 5.74) is 6.22. The molecule has 0 saturated carbocycles. The Morgan fingerprint density at radius 1 is 0.768 bits per heavy atom. The molecule has 4 aromatic heterocycles. The molecule has 0 spiro atoms. The second kappa shape index (κ2) is 24.1. The number of hydrogen-bond donors (Lipinski definition) is 1. The van der Waals surface area contributed by atoms with Crippen LogP contribution >= 0.6 is 45.9 Å². The molecule has 6 heterocycles. The summed E-state index contributed by atoms with van der Waals surface area (Å²) in [5.74, 6) is 1.80. The number of esters is 1. The minimum atomic E-state index is -0.401. The van der Waals surface area contributed by atoms with Crippen LogP contribution in [0.25, 0.3) is 21.3 Å². The van der Waals surface area contributed by atoms with Gasteiger partial charge in [0.15, 0.2) is 23.1 Å². The molecule has 2 saturated heterocycles. The van der Waals surface area contributed by atoms with Crippen LogP contribution in [0.1, 0.15) is 112 Å². The van der Waals surface area contributed by atoms with Crippen LogP contribution in [-0.4, -0.2) is 93.9 Å². The molecule has 0 amide bonds. The van der Waals surface area contributed by atoms with Gasteiger partial charge >= 0.3 is 5.97 Å². The van der Waals surface area contributed by atoms with Gasteiger partial charge in [-0.25, -0.2) is 0 Å². The molecule has 308 valence electrons. The zero-order valence-corrected chi connectivity index (χ0v) is 36.0. The number of nitrogens with two attached hydrogens (primary N) is 1. The second-order valence-electron chi connectivity index (χ2n) is 15.3. The summed E-state index contributed by atoms with van der Waals surface area (Å²) in [6, 6.07) is 11.7. The molecule has 2 aliphatic heterocycles. The summed E-state index contributed by atoms with van der Waals surface area (Å²) >= 11 is 12.7. The molecule has 0 atom stereocenters. The van der Waals surface area contributed by atoms with Gasteiger partial charge in [-0.2, -0.15) is 0 Å². The molecular weight excluding hydrogens is 794 g/mol. The molecule has 56 heavy (non-hydrogen) atoms. The van der Waals surface area contributed by atoms with Crippen molar-refractivity contribution in [1.82, 2.24) is 20.1 Å². The van der Waals surface area contributed by atoms with Gasteiger partial charge in [0.05, 0.1) is 21.5 Å². The first-order chi connectivity index (χ1) is 26.9. The highest BCUT2D eigenvalue weighted by Crippen LogP contribution is 2.27. The number of Topliss-reactive ketones (excluding diaryl/α,β-unsaturated/α-hetero) is 2. The first-order valence-electron chi connectivity index (χ1n) is 19.6. The number of halogens is 2. The predicted molar refractivity (Wildman–Crippen MR) is 226 cm³/mol. The molecular formula is C41H57Cl2N5O6S2. The first kappa shape index (κ1) is 45.8. The number of aromatic nitrogens is 2. The number of carbonyl (C=O) groups is 3. The molecule has 0 aromatic carbocycles. The van der Waals surface area contributed by atoms with Crippen molar-refractivity contribution in [3.8, 4) is 21.3 Å². The molecule has 6 rings (SSSR count). The lowest BCUT2D eigenvalue weighted by atomic mass is 9.95. The van der Waals surface area contributed by atoms with E-state index in [9.17, 15) is 14.4 Å². The third-order valence-electron chi connectivity index (χ3n) is 9.27. The molecule has 2 fully saturated rings. The Morgan fingerprint density at radius 3 is 1.62 bits per heavy atom. The maximum atomic E-state index is 12.3. The zero-order valence-electron chi connectivity index (χ0n) is 32.9. The third kappa shape index (κ3) is 16.5. The molecule has 4 aromatic rings. The number of thiophene rings is 2. The van der Waals surface area contributed by atoms with Crippen molar-refractivity contribution in [2.75, 3.05) is 44.6 Å². The van der Waals surface area contributed by atoms with Crippen molar-refractivity contribution < 1.29 is 28.2 Å². The van der Waals surface area contributed by atoms with Gasteiger partial charge < -0.3 is 29.3 Å². The van der Waals surface area contributed by atoms with Gasteiger partial charge in [0.1, 0.15) is 17.0 Å². The lowest BCUT2D eigenvalue weighted by Crippen LogP contribution is -2.55. The number of carbonyl (C=O) groups excluding carboxylic acids is 3. The van der Waals surface area contributed by atoms with E-state index in [1.807, 2.05) is 55.8 Å². The molecule has 0 bridgehead atoms. The Morgan fingerprint density at radius 2 is 1.21 bits per heavy atom. The highest BCUT2D eigenvalue weighted by atomic mass is 35.5. The van der Waals surface area contributed by atoms with E-state index >= 15 is 0 Å². The molecule has 11 nitrogen and oxygen atoms in total. The number of alkyl halides is 2. The predicted octanol–water partition coefficient (Wildman–Crippen LogP) is 9.80. The van der Waals surface area contributed by atoms with Gasteiger partial charge in [-0.1, -0.05) is 48.1 Å². The van der Waals surface area contributed by atoms with Crippen molar-refractivity contribution >= 4 is 63.4 Å². The number of unbranched alkanes of at least 4 members (excludes halogenated alkanes) is 6. The van der Waals surface area contributed by atoms with Crippen molar-refractivity contribution in [3.05, 3.63) is 58.5 Å². The number of nitrogens with zero attached hydrogens (tertiary/aromatic N) is 4. The number of likely N-dealkylation sites (tertiary alicyclic amines) is 2. The van der Waals surface area contributed by atoms with Gasteiger partial charge in [-0.05, 0) is 88.4 Å². The molecule has 0 aliphatic carbocycles. The van der Waals surface area contributed by atoms with E-state index < -0.39 is 5.60 Å². The van der Waals surface area contributed by atoms with E-state index in [4.69, 9.17) is 42.7 Å². The van der Waals surface area contributed by atoms with Gasteiger partial charge in [-0.3, -0.25) is 14.4 Å². The van der Waals surface area contributed by atoms with Crippen LogP contribution in [0.15, 0.2) is 56.2 Å². The average Bonchev–Trinajstić information content (AvgIpc) is 3.96. The quantitative estimate of drug-likeness (QED) is 0.0393. The van der Waals surface area contributed by atoms with Gasteiger partial charge in [0.25, 0.3) is 0 Å². The number of rotatable bonds is 20. The van der Waals surface area contributed by atoms with E-state index in [0.717, 1.165) is 94.0 Å². The average molecular weight is 851 g/mol. The summed E-state index contributed by atoms with van der Waals surface area (Å²) in [5, 5.41) is 12.0. The Balaban J connectivity index is 0.000000239. The van der Waals surface area contributed by atoms with Crippen LogP contribution in [-0.2, 0) is 9.53 Å². The highest BCUT2D eigenvalue weighted by molar-refractivity contribution is 7.13. The van der Waals surface area contributed by atoms with Crippen LogP contribution < -0.4 is 5.73 Å². The molecule has 15 heteroatoms. The van der Waals surface area contributed by atoms with Gasteiger partial charge in [0, 0.05) is 57.2 Å². The molecule has 2 aliphatic rings. The molecule has 0 radical (unpaired) electrons. The minimum Gasteiger partial charge on any atom is -0.460 e. The monoisotopic (exact) mass is 849 g/mol. The Labute approximate surface area is 349 Å². The lowest BCUT2D eigenvalue weighted by molar-refractivity contribution is -0.157. The minimum absolute atomic E-state index is 0.0503. The zero-order chi connectivity index (χ0) is 40.3. The summed E-state index contributed by atoms with van der Waals surface area (Å²) in [6.07, 6.45) is 10.1. The van der Waals surface area contributed by atoms with E-state index in [2.05, 4.69) is 20.1 Å². The van der Waals surface area contributed by atoms with Crippen molar-refractivity contribution in [1.29, 1.82) is 0 Å². The summed E-state index contributed by atoms with van der Waals surface area (Å²) in [6.45, 7) is 11.9. The van der Waals surface area contributed by atoms with Crippen LogP contribution in [0.3, 0.4) is 0 Å². The Bertz CT molecular complexity index is 1710. The summed E-state index contributed by atoms with van der Waals surface area (Å²) < 4.78 is 15.9. The number of ketones is 2. The van der Waals surface area contributed by atoms with Gasteiger partial charge in [0.2, 0.25) is 0 Å². The van der Waals surface area contributed by atoms with Crippen LogP contribution in [0.2, 0.25) is 0 Å². The Kier molecular flexibility index (Phi) is 19.7. The maximum Gasteiger partial charge on any atom is 0.306 e. The first-order valence-corrected chi connectivity index (χ1v) is 22.4. The molecule has 0 unspecified atom stereocenters. The summed E-state index contributed by atoms with van der Waals surface area (Å²) in [7, 11) is 0. The van der Waals surface area contributed by atoms with E-state index in [-0.39, 0.29) is 22.9 Å². The summed E-state index contributed by atoms with van der Waals surface area (Å²) in [4.78, 5) is 43.0. The van der Waals surface area contributed by atoms with Gasteiger partial charge in [-0.15, -0.1) is 45.9 Å².